The third kappa shape index (κ3) is 8.51. The second-order valence-electron chi connectivity index (χ2n) is 7.28. The Morgan fingerprint density at radius 2 is 1.74 bits per heavy atom. The van der Waals surface area contributed by atoms with Crippen LogP contribution in [0.4, 0.5) is 32.2 Å². The first-order chi connectivity index (χ1) is 15.9. The van der Waals surface area contributed by atoms with Crippen molar-refractivity contribution in [3.8, 4) is 17.3 Å². The summed E-state index contributed by atoms with van der Waals surface area (Å²) in [6.45, 7) is 3.64. The van der Waals surface area contributed by atoms with Crippen LogP contribution in [0.25, 0.3) is 11.3 Å². The molecule has 1 aliphatic heterocycles. The van der Waals surface area contributed by atoms with Gasteiger partial charge in [-0.15, -0.1) is 0 Å². The molecule has 13 heteroatoms. The molecule has 0 atom stereocenters. The summed E-state index contributed by atoms with van der Waals surface area (Å²) in [5.74, 6) is -2.40. The molecule has 7 nitrogen and oxygen atoms in total. The highest BCUT2D eigenvalue weighted by Gasteiger charge is 2.38. The van der Waals surface area contributed by atoms with Gasteiger partial charge in [-0.25, -0.2) is 14.8 Å². The molecule has 0 saturated carbocycles. The number of nitrogens with one attached hydrogen (secondary N) is 1. The zero-order valence-electron chi connectivity index (χ0n) is 17.7. The van der Waals surface area contributed by atoms with E-state index < -0.39 is 23.9 Å². The van der Waals surface area contributed by atoms with E-state index in [2.05, 4.69) is 20.2 Å². The first kappa shape index (κ1) is 26.8. The molecule has 34 heavy (non-hydrogen) atoms. The lowest BCUT2D eigenvalue weighted by Gasteiger charge is -2.26. The van der Waals surface area contributed by atoms with Gasteiger partial charge < -0.3 is 15.3 Å². The van der Waals surface area contributed by atoms with E-state index in [1.165, 1.54) is 31.4 Å². The van der Waals surface area contributed by atoms with E-state index in [1.54, 1.807) is 6.07 Å². The molecule has 1 aliphatic rings. The molecule has 0 amide bonds. The first-order valence-electron chi connectivity index (χ1n) is 10.1. The zero-order valence-corrected chi connectivity index (χ0v) is 17.7. The van der Waals surface area contributed by atoms with Crippen LogP contribution < -0.4 is 5.32 Å². The van der Waals surface area contributed by atoms with Crippen LogP contribution in [0.1, 0.15) is 30.7 Å². The van der Waals surface area contributed by atoms with Crippen molar-refractivity contribution >= 4 is 11.8 Å². The topological polar surface area (TPSA) is 102 Å². The molecule has 2 N–H and O–H groups in total. The second kappa shape index (κ2) is 11.6. The van der Waals surface area contributed by atoms with Crippen molar-refractivity contribution in [3.05, 3.63) is 41.7 Å². The fourth-order valence-electron chi connectivity index (χ4n) is 3.12. The number of alkyl halides is 6. The highest BCUT2D eigenvalue weighted by Crippen LogP contribution is 2.32. The first-order valence-corrected chi connectivity index (χ1v) is 10.1. The van der Waals surface area contributed by atoms with Crippen molar-refractivity contribution in [2.75, 3.05) is 31.5 Å². The maximum Gasteiger partial charge on any atom is 0.490 e. The molecule has 0 radical (unpaired) electrons. The van der Waals surface area contributed by atoms with E-state index in [4.69, 9.17) is 15.2 Å². The number of nitriles is 1. The maximum absolute atomic E-state index is 12.9. The molecule has 184 valence electrons. The van der Waals surface area contributed by atoms with E-state index in [0.717, 1.165) is 31.8 Å². The lowest BCUT2D eigenvalue weighted by Crippen LogP contribution is -2.33. The Hall–Kier alpha value is -3.40. The van der Waals surface area contributed by atoms with E-state index in [9.17, 15) is 26.3 Å². The predicted octanol–water partition coefficient (Wildman–Crippen LogP) is 4.57. The van der Waals surface area contributed by atoms with Crippen LogP contribution in [0.2, 0.25) is 0 Å². The van der Waals surface area contributed by atoms with Crippen LogP contribution in [0.15, 0.2) is 30.3 Å². The van der Waals surface area contributed by atoms with Crippen molar-refractivity contribution in [1.29, 1.82) is 5.26 Å². The fraction of sp³-hybridized carbons (Fsp3) is 0.429. The lowest BCUT2D eigenvalue weighted by molar-refractivity contribution is -0.192. The standard InChI is InChI=1S/C19H20F3N5.C2HF3O2/c20-19(21,22)15-6-4-5-14(11-15)16-12-17(26-18(13-23)25-16)24-7-10-27-8-2-1-3-9-27;3-2(4,5)1(6)7/h4-6,11-12H,1-3,7-10H2,(H,24,25,26);(H,6,7). The Kier molecular flexibility index (Phi) is 9.19. The minimum Gasteiger partial charge on any atom is -0.475 e. The summed E-state index contributed by atoms with van der Waals surface area (Å²) < 4.78 is 70.6. The number of likely N-dealkylation sites (tertiary alicyclic amines) is 1. The number of anilines is 1. The summed E-state index contributed by atoms with van der Waals surface area (Å²) in [5, 5.41) is 19.4. The van der Waals surface area contributed by atoms with Gasteiger partial charge in [0, 0.05) is 24.7 Å². The molecule has 3 rings (SSSR count). The van der Waals surface area contributed by atoms with Gasteiger partial charge in [-0.05, 0) is 38.1 Å². The van der Waals surface area contributed by atoms with E-state index in [1.807, 2.05) is 6.07 Å². The van der Waals surface area contributed by atoms with Crippen LogP contribution in [-0.2, 0) is 11.0 Å². The Morgan fingerprint density at radius 1 is 1.09 bits per heavy atom. The van der Waals surface area contributed by atoms with Gasteiger partial charge in [0.2, 0.25) is 5.82 Å². The third-order valence-electron chi connectivity index (χ3n) is 4.74. The largest absolute Gasteiger partial charge is 0.490 e. The average Bonchev–Trinajstić information content (AvgIpc) is 2.79. The van der Waals surface area contributed by atoms with Crippen LogP contribution in [-0.4, -0.2) is 58.3 Å². The van der Waals surface area contributed by atoms with Gasteiger partial charge >= 0.3 is 18.3 Å². The molecule has 2 aromatic rings. The van der Waals surface area contributed by atoms with Gasteiger partial charge in [-0.1, -0.05) is 18.6 Å². The number of hydrogen-bond acceptors (Lipinski definition) is 6. The van der Waals surface area contributed by atoms with Crippen molar-refractivity contribution in [2.24, 2.45) is 0 Å². The monoisotopic (exact) mass is 489 g/mol. The number of carbonyl (C=O) groups is 1. The van der Waals surface area contributed by atoms with Gasteiger partial charge in [0.15, 0.2) is 0 Å². The highest BCUT2D eigenvalue weighted by molar-refractivity contribution is 5.73. The molecule has 2 heterocycles. The predicted molar refractivity (Wildman–Crippen MR) is 110 cm³/mol. The summed E-state index contributed by atoms with van der Waals surface area (Å²) in [6.07, 6.45) is -5.85. The van der Waals surface area contributed by atoms with Crippen LogP contribution >= 0.6 is 0 Å². The number of halogens is 6. The molecule has 1 saturated heterocycles. The summed E-state index contributed by atoms with van der Waals surface area (Å²) in [6, 6.07) is 8.35. The number of carboxylic acid groups (broad SMARTS) is 1. The van der Waals surface area contributed by atoms with Gasteiger partial charge in [-0.2, -0.15) is 31.6 Å². The summed E-state index contributed by atoms with van der Waals surface area (Å²) in [5.41, 5.74) is -0.173. The van der Waals surface area contributed by atoms with E-state index in [-0.39, 0.29) is 11.5 Å². The lowest BCUT2D eigenvalue weighted by atomic mass is 10.1. The number of aliphatic carboxylic acids is 1. The van der Waals surface area contributed by atoms with Gasteiger partial charge in [0.05, 0.1) is 11.3 Å². The van der Waals surface area contributed by atoms with Gasteiger partial charge in [-0.3, -0.25) is 0 Å². The molecular weight excluding hydrogens is 468 g/mol. The molecule has 1 aromatic heterocycles. The number of carboxylic acids is 1. The summed E-state index contributed by atoms with van der Waals surface area (Å²) in [4.78, 5) is 19.4. The quantitative estimate of drug-likeness (QED) is 0.594. The Labute approximate surface area is 191 Å². The number of piperidine rings is 1. The molecule has 1 fully saturated rings. The Bertz CT molecular complexity index is 1010. The number of aromatic nitrogens is 2. The number of benzene rings is 1. The Morgan fingerprint density at radius 3 is 2.29 bits per heavy atom. The van der Waals surface area contributed by atoms with Crippen molar-refractivity contribution in [1.82, 2.24) is 14.9 Å². The smallest absolute Gasteiger partial charge is 0.475 e. The summed E-state index contributed by atoms with van der Waals surface area (Å²) >= 11 is 0. The van der Waals surface area contributed by atoms with E-state index in [0.29, 0.717) is 17.9 Å². The molecule has 0 aliphatic carbocycles. The minimum absolute atomic E-state index is 0.0783. The van der Waals surface area contributed by atoms with Gasteiger partial charge in [0.25, 0.3) is 0 Å². The fourth-order valence-corrected chi connectivity index (χ4v) is 3.12. The molecule has 0 unspecified atom stereocenters. The number of hydrogen-bond donors (Lipinski definition) is 2. The van der Waals surface area contributed by atoms with Crippen molar-refractivity contribution < 1.29 is 36.2 Å². The molecule has 1 aromatic carbocycles. The Balaban J connectivity index is 0.000000509. The van der Waals surface area contributed by atoms with Crippen molar-refractivity contribution in [2.45, 2.75) is 31.6 Å². The third-order valence-corrected chi connectivity index (χ3v) is 4.74. The molecular formula is C21H21F6N5O2. The van der Waals surface area contributed by atoms with E-state index >= 15 is 0 Å². The molecule has 0 bridgehead atoms. The maximum atomic E-state index is 12.9. The number of rotatable bonds is 5. The van der Waals surface area contributed by atoms with Crippen LogP contribution in [0.5, 0.6) is 0 Å². The zero-order chi connectivity index (χ0) is 25.4. The van der Waals surface area contributed by atoms with Gasteiger partial charge in [0.1, 0.15) is 11.9 Å². The molecule has 0 spiro atoms. The van der Waals surface area contributed by atoms with Crippen molar-refractivity contribution in [3.63, 3.8) is 0 Å². The minimum atomic E-state index is -5.08. The van der Waals surface area contributed by atoms with Crippen LogP contribution in [0.3, 0.4) is 0 Å². The SMILES string of the molecule is N#Cc1nc(NCCN2CCCCC2)cc(-c2cccc(C(F)(F)F)c2)n1.O=C(O)C(F)(F)F. The average molecular weight is 489 g/mol. The summed E-state index contributed by atoms with van der Waals surface area (Å²) in [7, 11) is 0. The normalized spacial score (nSPS) is 14.5. The second-order valence-corrected chi connectivity index (χ2v) is 7.28. The number of nitrogens with zero attached hydrogens (tertiary/aromatic N) is 4. The van der Waals surface area contributed by atoms with Crippen LogP contribution in [0, 0.1) is 11.3 Å². The highest BCUT2D eigenvalue weighted by atomic mass is 19.4.